The van der Waals surface area contributed by atoms with Gasteiger partial charge in [-0.25, -0.2) is 0 Å². The van der Waals surface area contributed by atoms with E-state index in [1.165, 1.54) is 0 Å². The molecule has 13 heavy (non-hydrogen) atoms. The van der Waals surface area contributed by atoms with Gasteiger partial charge in [0, 0.05) is 5.56 Å². The maximum absolute atomic E-state index is 10.3. The van der Waals surface area contributed by atoms with Crippen LogP contribution in [-0.2, 0) is 0 Å². The summed E-state index contributed by atoms with van der Waals surface area (Å²) in [4.78, 5) is 10.3. The van der Waals surface area contributed by atoms with E-state index < -0.39 is 0 Å². The summed E-state index contributed by atoms with van der Waals surface area (Å²) in [6.45, 7) is 5.94. The number of hydrogen-bond acceptors (Lipinski definition) is 2. The summed E-state index contributed by atoms with van der Waals surface area (Å²) in [7, 11) is 1.59. The second-order valence-electron chi connectivity index (χ2n) is 2.35. The summed E-state index contributed by atoms with van der Waals surface area (Å²) in [6.07, 6.45) is 0.808. The highest BCUT2D eigenvalue weighted by Gasteiger charge is 1.97. The molecule has 0 aliphatic rings. The third kappa shape index (κ3) is 3.28. The molecule has 0 unspecified atom stereocenters. The number of carbonyl (C=O) groups excluding carboxylic acids is 1. The molecule has 0 spiro atoms. The Morgan fingerprint density at radius 1 is 1.31 bits per heavy atom. The maximum Gasteiger partial charge on any atom is 0.150 e. The molecule has 2 heteroatoms. The summed E-state index contributed by atoms with van der Waals surface area (Å²) in [5, 5.41) is 0. The molecule has 1 rings (SSSR count). The molecule has 0 saturated carbocycles. The fourth-order valence-electron chi connectivity index (χ4n) is 0.910. The Kier molecular flexibility index (Phi) is 5.60. The van der Waals surface area contributed by atoms with Gasteiger partial charge in [0.1, 0.15) is 12.0 Å². The molecule has 0 bridgehead atoms. The highest BCUT2D eigenvalue weighted by atomic mass is 16.5. The van der Waals surface area contributed by atoms with Crippen molar-refractivity contribution in [3.63, 3.8) is 0 Å². The number of ether oxygens (including phenoxy) is 1. The molecule has 0 saturated heterocycles. The third-order valence-electron chi connectivity index (χ3n) is 1.57. The molecule has 2 nitrogen and oxygen atoms in total. The minimum absolute atomic E-state index is 0.646. The second-order valence-corrected chi connectivity index (χ2v) is 2.35. The van der Waals surface area contributed by atoms with Gasteiger partial charge in [0.15, 0.2) is 0 Å². The molecule has 0 radical (unpaired) electrons. The van der Waals surface area contributed by atoms with E-state index in [0.29, 0.717) is 5.56 Å². The van der Waals surface area contributed by atoms with Gasteiger partial charge in [-0.05, 0) is 18.6 Å². The number of carbonyl (C=O) groups is 1. The monoisotopic (exact) mass is 180 g/mol. The smallest absolute Gasteiger partial charge is 0.150 e. The van der Waals surface area contributed by atoms with Crippen molar-refractivity contribution in [1.82, 2.24) is 0 Å². The van der Waals surface area contributed by atoms with Crippen LogP contribution in [0.4, 0.5) is 0 Å². The van der Waals surface area contributed by atoms with Gasteiger partial charge in [-0.3, -0.25) is 4.79 Å². The Morgan fingerprint density at radius 3 is 2.38 bits per heavy atom. The first kappa shape index (κ1) is 11.7. The zero-order valence-corrected chi connectivity index (χ0v) is 8.63. The van der Waals surface area contributed by atoms with Crippen LogP contribution in [0.25, 0.3) is 0 Å². The minimum atomic E-state index is 0.646. The van der Waals surface area contributed by atoms with Gasteiger partial charge in [0.05, 0.1) is 7.11 Å². The number of hydrogen-bond donors (Lipinski definition) is 0. The van der Waals surface area contributed by atoms with Crippen molar-refractivity contribution in [2.75, 3.05) is 7.11 Å². The van der Waals surface area contributed by atoms with Crippen molar-refractivity contribution in [1.29, 1.82) is 0 Å². The predicted octanol–water partition coefficient (Wildman–Crippen LogP) is 2.84. The van der Waals surface area contributed by atoms with E-state index in [-0.39, 0.29) is 0 Å². The molecule has 0 N–H and O–H groups in total. The largest absolute Gasteiger partial charge is 0.496 e. The quantitative estimate of drug-likeness (QED) is 0.654. The molecular formula is C11H16O2. The van der Waals surface area contributed by atoms with E-state index in [0.717, 1.165) is 17.6 Å². The molecule has 72 valence electrons. The summed E-state index contributed by atoms with van der Waals surface area (Å²) in [5.41, 5.74) is 1.69. The number of benzene rings is 1. The van der Waals surface area contributed by atoms with Crippen LogP contribution < -0.4 is 4.74 Å². The molecule has 0 amide bonds. The Balaban J connectivity index is 0.000000671. The average molecular weight is 180 g/mol. The van der Waals surface area contributed by atoms with Crippen molar-refractivity contribution < 1.29 is 9.53 Å². The first-order valence-electron chi connectivity index (χ1n) is 4.37. The zero-order valence-electron chi connectivity index (χ0n) is 8.63. The van der Waals surface area contributed by atoms with Crippen LogP contribution in [0.1, 0.15) is 29.8 Å². The van der Waals surface area contributed by atoms with E-state index in [9.17, 15) is 4.79 Å². The minimum Gasteiger partial charge on any atom is -0.496 e. The highest BCUT2D eigenvalue weighted by Crippen LogP contribution is 2.17. The van der Waals surface area contributed by atoms with E-state index in [4.69, 9.17) is 4.74 Å². The lowest BCUT2D eigenvalue weighted by Crippen LogP contribution is -1.88. The molecule has 0 aliphatic carbocycles. The van der Waals surface area contributed by atoms with Gasteiger partial charge >= 0.3 is 0 Å². The average Bonchev–Trinajstić information content (AvgIpc) is 2.22. The van der Waals surface area contributed by atoms with Crippen LogP contribution in [0, 0.1) is 6.92 Å². The van der Waals surface area contributed by atoms with Crippen LogP contribution in [0.2, 0.25) is 0 Å². The second kappa shape index (κ2) is 6.23. The van der Waals surface area contributed by atoms with Crippen LogP contribution in [0.15, 0.2) is 18.2 Å². The Labute approximate surface area is 79.5 Å². The lowest BCUT2D eigenvalue weighted by molar-refractivity contribution is 0.112. The number of methoxy groups -OCH3 is 1. The third-order valence-corrected chi connectivity index (χ3v) is 1.57. The molecule has 0 aromatic heterocycles. The van der Waals surface area contributed by atoms with E-state index in [2.05, 4.69) is 0 Å². The number of aryl methyl sites for hydroxylation is 1. The Hall–Kier alpha value is -1.31. The molecule has 1 aromatic carbocycles. The molecule has 0 aliphatic heterocycles. The van der Waals surface area contributed by atoms with Crippen molar-refractivity contribution >= 4 is 6.29 Å². The topological polar surface area (TPSA) is 26.3 Å². The van der Waals surface area contributed by atoms with Crippen LogP contribution >= 0.6 is 0 Å². The first-order valence-corrected chi connectivity index (χ1v) is 4.37. The standard InChI is InChI=1S/C9H10O2.C2H6/c1-7-3-4-8(6-10)5-9(7)11-2;1-2/h3-6H,1-2H3;1-2H3. The lowest BCUT2D eigenvalue weighted by Gasteiger charge is -2.03. The van der Waals surface area contributed by atoms with Gasteiger partial charge in [-0.2, -0.15) is 0 Å². The van der Waals surface area contributed by atoms with Crippen molar-refractivity contribution in [2.24, 2.45) is 0 Å². The zero-order chi connectivity index (χ0) is 10.3. The first-order chi connectivity index (χ1) is 6.27. The van der Waals surface area contributed by atoms with Crippen molar-refractivity contribution in [2.45, 2.75) is 20.8 Å². The van der Waals surface area contributed by atoms with Crippen molar-refractivity contribution in [3.05, 3.63) is 29.3 Å². The molecule has 0 fully saturated rings. The van der Waals surface area contributed by atoms with Crippen LogP contribution in [0.3, 0.4) is 0 Å². The lowest BCUT2D eigenvalue weighted by atomic mass is 10.1. The maximum atomic E-state index is 10.3. The summed E-state index contributed by atoms with van der Waals surface area (Å²) < 4.78 is 5.03. The Bertz CT molecular complexity index is 267. The van der Waals surface area contributed by atoms with Crippen LogP contribution in [-0.4, -0.2) is 13.4 Å². The Morgan fingerprint density at radius 2 is 1.92 bits per heavy atom. The number of aldehydes is 1. The fraction of sp³-hybridized carbons (Fsp3) is 0.364. The summed E-state index contributed by atoms with van der Waals surface area (Å²) >= 11 is 0. The summed E-state index contributed by atoms with van der Waals surface area (Å²) in [6, 6.07) is 5.36. The van der Waals surface area contributed by atoms with Gasteiger partial charge in [0.25, 0.3) is 0 Å². The normalized spacial score (nSPS) is 8.31. The fourth-order valence-corrected chi connectivity index (χ4v) is 0.910. The van der Waals surface area contributed by atoms with Gasteiger partial charge in [0.2, 0.25) is 0 Å². The van der Waals surface area contributed by atoms with E-state index >= 15 is 0 Å². The van der Waals surface area contributed by atoms with E-state index in [1.54, 1.807) is 19.2 Å². The van der Waals surface area contributed by atoms with Crippen molar-refractivity contribution in [3.8, 4) is 5.75 Å². The molecule has 1 aromatic rings. The molecular weight excluding hydrogens is 164 g/mol. The highest BCUT2D eigenvalue weighted by molar-refractivity contribution is 5.75. The van der Waals surface area contributed by atoms with Gasteiger partial charge in [-0.15, -0.1) is 0 Å². The van der Waals surface area contributed by atoms with E-state index in [1.807, 2.05) is 26.8 Å². The van der Waals surface area contributed by atoms with Crippen LogP contribution in [0.5, 0.6) is 5.75 Å². The molecule has 0 heterocycles. The SMILES string of the molecule is CC.COc1cc(C=O)ccc1C. The summed E-state index contributed by atoms with van der Waals surface area (Å²) in [5.74, 6) is 0.759. The number of rotatable bonds is 2. The van der Waals surface area contributed by atoms with Gasteiger partial charge < -0.3 is 4.74 Å². The predicted molar refractivity (Wildman–Crippen MR) is 54.5 cm³/mol. The van der Waals surface area contributed by atoms with Gasteiger partial charge in [-0.1, -0.05) is 26.0 Å². The molecule has 0 atom stereocenters.